The monoisotopic (exact) mass is 394 g/mol. The molecule has 1 atom stereocenters. The van der Waals surface area contributed by atoms with Crippen molar-refractivity contribution < 1.29 is 9.59 Å². The van der Waals surface area contributed by atoms with Gasteiger partial charge in [-0.15, -0.1) is 0 Å². The number of nitrogens with two attached hydrogens (primary N) is 1. The molecule has 1 aromatic carbocycles. The fourth-order valence-corrected chi connectivity index (χ4v) is 3.87. The third kappa shape index (κ3) is 4.82. The van der Waals surface area contributed by atoms with Gasteiger partial charge in [-0.2, -0.15) is 0 Å². The third-order valence-corrected chi connectivity index (χ3v) is 5.42. The lowest BCUT2D eigenvalue weighted by Crippen LogP contribution is -2.52. The normalized spacial score (nSPS) is 17.9. The molecule has 1 aliphatic rings. The molecule has 154 valence electrons. The van der Waals surface area contributed by atoms with Gasteiger partial charge in [0.1, 0.15) is 0 Å². The van der Waals surface area contributed by atoms with E-state index in [0.29, 0.717) is 32.6 Å². The number of amides is 2. The molecule has 0 radical (unpaired) electrons. The van der Waals surface area contributed by atoms with Crippen molar-refractivity contribution in [3.63, 3.8) is 0 Å². The summed E-state index contributed by atoms with van der Waals surface area (Å²) in [4.78, 5) is 33.8. The van der Waals surface area contributed by atoms with E-state index in [0.717, 1.165) is 16.7 Å². The number of pyridine rings is 1. The standard InChI is InChI=1S/C23H30N4O2/c1-4-26-12-13-27(22(29)23(2,3)24)16-19(21(26)28)14-17-8-5-6-10-20(17)18-9-7-11-25-15-18/h5-11,15,19H,4,12-14,16,24H2,1-3H3. The van der Waals surface area contributed by atoms with Crippen molar-refractivity contribution >= 4 is 11.8 Å². The van der Waals surface area contributed by atoms with E-state index in [1.165, 1.54) is 0 Å². The quantitative estimate of drug-likeness (QED) is 0.844. The summed E-state index contributed by atoms with van der Waals surface area (Å²) in [7, 11) is 0. The zero-order chi connectivity index (χ0) is 21.0. The van der Waals surface area contributed by atoms with Gasteiger partial charge in [-0.3, -0.25) is 14.6 Å². The second-order valence-corrected chi connectivity index (χ2v) is 8.19. The van der Waals surface area contributed by atoms with Crippen LogP contribution in [0.25, 0.3) is 11.1 Å². The minimum Gasteiger partial charge on any atom is -0.341 e. The Labute approximate surface area is 172 Å². The summed E-state index contributed by atoms with van der Waals surface area (Å²) in [5.74, 6) is -0.325. The van der Waals surface area contributed by atoms with Gasteiger partial charge >= 0.3 is 0 Å². The second kappa shape index (κ2) is 8.74. The zero-order valence-electron chi connectivity index (χ0n) is 17.5. The van der Waals surface area contributed by atoms with Gasteiger partial charge in [0.25, 0.3) is 0 Å². The van der Waals surface area contributed by atoms with E-state index in [4.69, 9.17) is 5.73 Å². The Bertz CT molecular complexity index is 861. The van der Waals surface area contributed by atoms with Crippen LogP contribution in [-0.4, -0.2) is 58.3 Å². The fraction of sp³-hybridized carbons (Fsp3) is 0.435. The van der Waals surface area contributed by atoms with Crippen LogP contribution < -0.4 is 5.73 Å². The first kappa shape index (κ1) is 21.0. The molecule has 1 aliphatic heterocycles. The minimum atomic E-state index is -0.956. The predicted octanol–water partition coefficient (Wildman–Crippen LogP) is 2.34. The molecule has 0 spiro atoms. The molecule has 1 saturated heterocycles. The molecule has 0 saturated carbocycles. The van der Waals surface area contributed by atoms with Crippen molar-refractivity contribution in [1.29, 1.82) is 0 Å². The van der Waals surface area contributed by atoms with Gasteiger partial charge in [-0.1, -0.05) is 30.3 Å². The summed E-state index contributed by atoms with van der Waals surface area (Å²) in [5, 5.41) is 0. The Kier molecular flexibility index (Phi) is 6.33. The van der Waals surface area contributed by atoms with Crippen molar-refractivity contribution in [3.05, 3.63) is 54.4 Å². The number of nitrogens with zero attached hydrogens (tertiary/aromatic N) is 3. The van der Waals surface area contributed by atoms with Gasteiger partial charge in [-0.05, 0) is 44.4 Å². The van der Waals surface area contributed by atoms with Crippen molar-refractivity contribution in [1.82, 2.24) is 14.8 Å². The molecular formula is C23H30N4O2. The van der Waals surface area contributed by atoms with E-state index in [1.807, 2.05) is 42.3 Å². The molecule has 2 N–H and O–H groups in total. The smallest absolute Gasteiger partial charge is 0.242 e. The molecule has 6 heteroatoms. The van der Waals surface area contributed by atoms with E-state index >= 15 is 0 Å². The summed E-state index contributed by atoms with van der Waals surface area (Å²) in [6, 6.07) is 12.0. The van der Waals surface area contributed by atoms with E-state index in [9.17, 15) is 9.59 Å². The van der Waals surface area contributed by atoms with Gasteiger partial charge in [0.05, 0.1) is 11.5 Å². The first-order valence-corrected chi connectivity index (χ1v) is 10.2. The van der Waals surface area contributed by atoms with Crippen molar-refractivity contribution in [3.8, 4) is 11.1 Å². The highest BCUT2D eigenvalue weighted by atomic mass is 16.2. The summed E-state index contributed by atoms with van der Waals surface area (Å²) in [5.41, 5.74) is 8.28. The maximum atomic E-state index is 13.2. The summed E-state index contributed by atoms with van der Waals surface area (Å²) in [6.07, 6.45) is 4.15. The molecule has 6 nitrogen and oxygen atoms in total. The van der Waals surface area contributed by atoms with Crippen molar-refractivity contribution in [2.45, 2.75) is 32.7 Å². The average Bonchev–Trinajstić information content (AvgIpc) is 2.87. The number of aromatic nitrogens is 1. The SMILES string of the molecule is CCN1CCN(C(=O)C(C)(C)N)CC(Cc2ccccc2-c2cccnc2)C1=O. The number of hydrogen-bond acceptors (Lipinski definition) is 4. The highest BCUT2D eigenvalue weighted by molar-refractivity contribution is 5.87. The van der Waals surface area contributed by atoms with Crippen LogP contribution in [0, 0.1) is 5.92 Å². The first-order chi connectivity index (χ1) is 13.8. The van der Waals surface area contributed by atoms with E-state index in [2.05, 4.69) is 17.1 Å². The second-order valence-electron chi connectivity index (χ2n) is 8.19. The summed E-state index contributed by atoms with van der Waals surface area (Å²) < 4.78 is 0. The molecule has 1 aromatic heterocycles. The van der Waals surface area contributed by atoms with Crippen LogP contribution in [0.2, 0.25) is 0 Å². The average molecular weight is 395 g/mol. The number of carbonyl (C=O) groups is 2. The number of benzene rings is 1. The van der Waals surface area contributed by atoms with Crippen LogP contribution >= 0.6 is 0 Å². The topological polar surface area (TPSA) is 79.5 Å². The number of hydrogen-bond donors (Lipinski definition) is 1. The first-order valence-electron chi connectivity index (χ1n) is 10.2. The highest BCUT2D eigenvalue weighted by Gasteiger charge is 2.35. The van der Waals surface area contributed by atoms with Crippen molar-refractivity contribution in [2.24, 2.45) is 11.7 Å². The van der Waals surface area contributed by atoms with Gasteiger partial charge in [0, 0.05) is 44.1 Å². The van der Waals surface area contributed by atoms with Crippen LogP contribution in [0.3, 0.4) is 0 Å². The van der Waals surface area contributed by atoms with Crippen LogP contribution in [0.5, 0.6) is 0 Å². The maximum Gasteiger partial charge on any atom is 0.242 e. The van der Waals surface area contributed by atoms with Crippen molar-refractivity contribution in [2.75, 3.05) is 26.2 Å². The lowest BCUT2D eigenvalue weighted by Gasteiger charge is -2.29. The fourth-order valence-electron chi connectivity index (χ4n) is 3.87. The Balaban J connectivity index is 1.91. The molecule has 1 unspecified atom stereocenters. The van der Waals surface area contributed by atoms with E-state index in [1.54, 1.807) is 24.9 Å². The Morgan fingerprint density at radius 1 is 1.21 bits per heavy atom. The van der Waals surface area contributed by atoms with Crippen LogP contribution in [0.4, 0.5) is 0 Å². The third-order valence-electron chi connectivity index (χ3n) is 5.42. The Hall–Kier alpha value is -2.73. The predicted molar refractivity (Wildman–Crippen MR) is 114 cm³/mol. The zero-order valence-corrected chi connectivity index (χ0v) is 17.5. The summed E-state index contributed by atoms with van der Waals surface area (Å²) in [6.45, 7) is 7.48. The molecule has 0 bridgehead atoms. The van der Waals surface area contributed by atoms with Crippen LogP contribution in [-0.2, 0) is 16.0 Å². The van der Waals surface area contributed by atoms with Crippen LogP contribution in [0.1, 0.15) is 26.3 Å². The molecular weight excluding hydrogens is 364 g/mol. The molecule has 29 heavy (non-hydrogen) atoms. The minimum absolute atomic E-state index is 0.0959. The van der Waals surface area contributed by atoms with Gasteiger partial charge in [0.15, 0.2) is 0 Å². The van der Waals surface area contributed by atoms with E-state index < -0.39 is 5.54 Å². The molecule has 2 amide bonds. The molecule has 0 aliphatic carbocycles. The molecule has 1 fully saturated rings. The van der Waals surface area contributed by atoms with Crippen LogP contribution in [0.15, 0.2) is 48.8 Å². The molecule has 2 heterocycles. The molecule has 3 rings (SSSR count). The highest BCUT2D eigenvalue weighted by Crippen LogP contribution is 2.27. The number of rotatable bonds is 5. The number of carbonyl (C=O) groups excluding carboxylic acids is 2. The summed E-state index contributed by atoms with van der Waals surface area (Å²) >= 11 is 0. The Morgan fingerprint density at radius 2 is 1.97 bits per heavy atom. The van der Waals surface area contributed by atoms with Gasteiger partial charge in [0.2, 0.25) is 11.8 Å². The maximum absolute atomic E-state index is 13.2. The van der Waals surface area contributed by atoms with E-state index in [-0.39, 0.29) is 17.7 Å². The lowest BCUT2D eigenvalue weighted by atomic mass is 9.91. The van der Waals surface area contributed by atoms with Gasteiger partial charge in [-0.25, -0.2) is 0 Å². The van der Waals surface area contributed by atoms with Gasteiger partial charge < -0.3 is 15.5 Å². The molecule has 2 aromatic rings. The number of likely N-dealkylation sites (N-methyl/N-ethyl adjacent to an activating group) is 1. The largest absolute Gasteiger partial charge is 0.341 e. The lowest BCUT2D eigenvalue weighted by molar-refractivity contribution is -0.136. The Morgan fingerprint density at radius 3 is 2.62 bits per heavy atom.